The zero-order valence-electron chi connectivity index (χ0n) is 10.7. The summed E-state index contributed by atoms with van der Waals surface area (Å²) in [7, 11) is 1.61. The summed E-state index contributed by atoms with van der Waals surface area (Å²) < 4.78 is 16.7. The molecule has 1 aromatic heterocycles. The molecule has 8 nitrogen and oxygen atoms in total. The highest BCUT2D eigenvalue weighted by molar-refractivity contribution is 14.1. The number of ether oxygens (including phenoxy) is 3. The molecule has 0 bridgehead atoms. The number of carbonyl (C=O) groups is 1. The summed E-state index contributed by atoms with van der Waals surface area (Å²) in [6.07, 6.45) is 1.73. The van der Waals surface area contributed by atoms with Crippen LogP contribution in [-0.4, -0.2) is 59.3 Å². The van der Waals surface area contributed by atoms with Gasteiger partial charge in [0.15, 0.2) is 0 Å². The van der Waals surface area contributed by atoms with E-state index in [-0.39, 0.29) is 12.5 Å². The Morgan fingerprint density at radius 1 is 1.37 bits per heavy atom. The summed E-state index contributed by atoms with van der Waals surface area (Å²) in [4.78, 5) is 11.4. The van der Waals surface area contributed by atoms with Crippen molar-refractivity contribution >= 4 is 28.8 Å². The van der Waals surface area contributed by atoms with Gasteiger partial charge >= 0.3 is 0 Å². The van der Waals surface area contributed by atoms with Gasteiger partial charge in [-0.2, -0.15) is 2.90 Å². The quantitative estimate of drug-likeness (QED) is 0.443. The first-order valence-electron chi connectivity index (χ1n) is 5.71. The highest BCUT2D eigenvalue weighted by atomic mass is 127. The summed E-state index contributed by atoms with van der Waals surface area (Å²) in [5, 5.41) is 10.3. The number of aromatic nitrogens is 3. The first kappa shape index (κ1) is 16.3. The topological polar surface area (TPSA) is 87.5 Å². The van der Waals surface area contributed by atoms with Crippen molar-refractivity contribution in [3.05, 3.63) is 11.9 Å². The van der Waals surface area contributed by atoms with Crippen LogP contribution < -0.4 is 5.32 Å². The fourth-order valence-electron chi connectivity index (χ4n) is 1.12. The number of amides is 1. The van der Waals surface area contributed by atoms with Crippen LogP contribution in [0.4, 0.5) is 0 Å². The van der Waals surface area contributed by atoms with Crippen LogP contribution in [0.25, 0.3) is 0 Å². The Bertz CT molecular complexity index is 374. The number of rotatable bonds is 10. The zero-order chi connectivity index (χ0) is 13.9. The zero-order valence-corrected chi connectivity index (χ0v) is 12.8. The maximum absolute atomic E-state index is 11.4. The lowest BCUT2D eigenvalue weighted by molar-refractivity contribution is -0.126. The van der Waals surface area contributed by atoms with Gasteiger partial charge in [-0.1, -0.05) is 5.21 Å². The smallest absolute Gasteiger partial charge is 0.246 e. The third-order valence-electron chi connectivity index (χ3n) is 2.02. The second kappa shape index (κ2) is 10.1. The molecule has 0 unspecified atom stereocenters. The van der Waals surface area contributed by atoms with Crippen LogP contribution in [0.1, 0.15) is 5.69 Å². The molecule has 0 fully saturated rings. The minimum absolute atomic E-state index is 0.00596. The van der Waals surface area contributed by atoms with Crippen molar-refractivity contribution in [1.29, 1.82) is 0 Å². The fraction of sp³-hybridized carbons (Fsp3) is 0.700. The molecule has 0 atom stereocenters. The Morgan fingerprint density at radius 3 is 2.79 bits per heavy atom. The van der Waals surface area contributed by atoms with Gasteiger partial charge in [0.1, 0.15) is 12.3 Å². The van der Waals surface area contributed by atoms with Gasteiger partial charge in [-0.25, -0.2) is 0 Å². The molecule has 1 N–H and O–H groups in total. The van der Waals surface area contributed by atoms with Gasteiger partial charge in [-0.3, -0.25) is 4.79 Å². The van der Waals surface area contributed by atoms with Crippen molar-refractivity contribution < 1.29 is 19.0 Å². The van der Waals surface area contributed by atoms with Gasteiger partial charge in [0.2, 0.25) is 5.91 Å². The maximum Gasteiger partial charge on any atom is 0.246 e. The van der Waals surface area contributed by atoms with Crippen molar-refractivity contribution in [3.8, 4) is 0 Å². The highest BCUT2D eigenvalue weighted by Gasteiger charge is 2.03. The number of nitrogens with zero attached hydrogens (tertiary/aromatic N) is 3. The molecule has 1 amide bonds. The van der Waals surface area contributed by atoms with Crippen molar-refractivity contribution in [1.82, 2.24) is 18.5 Å². The van der Waals surface area contributed by atoms with Gasteiger partial charge in [0, 0.05) is 7.11 Å². The maximum atomic E-state index is 11.4. The van der Waals surface area contributed by atoms with Crippen LogP contribution >= 0.6 is 22.9 Å². The van der Waals surface area contributed by atoms with E-state index in [1.165, 1.54) is 0 Å². The minimum atomic E-state index is -0.195. The molecule has 0 saturated heterocycles. The number of methoxy groups -OCH3 is 1. The third-order valence-corrected chi connectivity index (χ3v) is 2.49. The normalized spacial score (nSPS) is 10.6. The molecule has 108 valence electrons. The largest absolute Gasteiger partial charge is 0.382 e. The molecule has 1 heterocycles. The number of carbonyl (C=O) groups excluding carboxylic acids is 1. The molecule has 0 aliphatic heterocycles. The molecule has 9 heteroatoms. The van der Waals surface area contributed by atoms with Gasteiger partial charge in [0.05, 0.1) is 62.0 Å². The Kier molecular flexibility index (Phi) is 8.62. The molecule has 0 aliphatic rings. The first-order valence-corrected chi connectivity index (χ1v) is 6.67. The van der Waals surface area contributed by atoms with E-state index in [1.54, 1.807) is 16.2 Å². The lowest BCUT2D eigenvalue weighted by Gasteiger charge is -2.05. The van der Waals surface area contributed by atoms with E-state index < -0.39 is 0 Å². The van der Waals surface area contributed by atoms with E-state index in [2.05, 4.69) is 15.6 Å². The molecule has 0 aromatic carbocycles. The van der Waals surface area contributed by atoms with Gasteiger partial charge in [0.25, 0.3) is 0 Å². The fourth-order valence-corrected chi connectivity index (χ4v) is 1.54. The Balaban J connectivity index is 1.96. The second-order valence-corrected chi connectivity index (χ2v) is 4.52. The summed E-state index contributed by atoms with van der Waals surface area (Å²) in [6.45, 7) is 2.25. The lowest BCUT2D eigenvalue weighted by atomic mass is 10.4. The highest BCUT2D eigenvalue weighted by Crippen LogP contribution is 1.95. The van der Waals surface area contributed by atoms with E-state index >= 15 is 0 Å². The van der Waals surface area contributed by atoms with Gasteiger partial charge in [-0.05, 0) is 0 Å². The molecule has 1 rings (SSSR count). The van der Waals surface area contributed by atoms with Crippen LogP contribution in [0.2, 0.25) is 0 Å². The minimum Gasteiger partial charge on any atom is -0.382 e. The van der Waals surface area contributed by atoms with Crippen molar-refractivity contribution in [3.63, 3.8) is 0 Å². The Labute approximate surface area is 125 Å². The van der Waals surface area contributed by atoms with Crippen molar-refractivity contribution in [2.24, 2.45) is 0 Å². The molecule has 0 saturated carbocycles. The Morgan fingerprint density at radius 2 is 2.11 bits per heavy atom. The molecular formula is C10H17IN4O4. The van der Waals surface area contributed by atoms with E-state index in [9.17, 15) is 4.79 Å². The van der Waals surface area contributed by atoms with E-state index in [1.807, 2.05) is 22.9 Å². The molecular weight excluding hydrogens is 367 g/mol. The number of hydrogen-bond acceptors (Lipinski definition) is 6. The first-order chi connectivity index (χ1) is 9.22. The second-order valence-electron chi connectivity index (χ2n) is 3.53. The van der Waals surface area contributed by atoms with Crippen molar-refractivity contribution in [2.45, 2.75) is 6.54 Å². The number of hydrogen-bond donors (Lipinski definition) is 1. The predicted molar refractivity (Wildman–Crippen MR) is 74.8 cm³/mol. The average Bonchev–Trinajstić information content (AvgIpc) is 2.81. The van der Waals surface area contributed by atoms with E-state index in [0.717, 1.165) is 0 Å². The summed E-state index contributed by atoms with van der Waals surface area (Å²) in [6, 6.07) is 0. The van der Waals surface area contributed by atoms with Crippen LogP contribution in [0.3, 0.4) is 0 Å². The van der Waals surface area contributed by atoms with E-state index in [4.69, 9.17) is 14.2 Å². The number of halogens is 1. The standard InChI is InChI=1S/C10H17IN4O4/c1-17-2-3-18-4-5-19-8-10(16)12-6-9-7-15(11)14-13-9/h7H,2-6,8H2,1H3,(H,12,16). The molecule has 0 aliphatic carbocycles. The van der Waals surface area contributed by atoms with Gasteiger partial charge < -0.3 is 19.5 Å². The predicted octanol–water partition coefficient (Wildman–Crippen LogP) is -0.228. The monoisotopic (exact) mass is 384 g/mol. The number of nitrogens with one attached hydrogen (secondary N) is 1. The van der Waals surface area contributed by atoms with Crippen LogP contribution in [-0.2, 0) is 25.5 Å². The van der Waals surface area contributed by atoms with Crippen LogP contribution in [0.15, 0.2) is 6.20 Å². The van der Waals surface area contributed by atoms with Crippen LogP contribution in [0, 0.1) is 0 Å². The molecule has 0 spiro atoms. The summed E-state index contributed by atoms with van der Waals surface area (Å²) in [5.74, 6) is -0.195. The summed E-state index contributed by atoms with van der Waals surface area (Å²) in [5.41, 5.74) is 0.700. The average molecular weight is 384 g/mol. The SMILES string of the molecule is COCCOCCOCC(=O)NCc1cn(I)nn1. The Hall–Kier alpha value is -0.780. The lowest BCUT2D eigenvalue weighted by Crippen LogP contribution is -2.28. The molecule has 19 heavy (non-hydrogen) atoms. The summed E-state index contributed by atoms with van der Waals surface area (Å²) >= 11 is 1.98. The third kappa shape index (κ3) is 8.08. The van der Waals surface area contributed by atoms with E-state index in [0.29, 0.717) is 38.7 Å². The molecule has 0 radical (unpaired) electrons. The molecule has 1 aromatic rings. The van der Waals surface area contributed by atoms with Crippen LogP contribution in [0.5, 0.6) is 0 Å². The van der Waals surface area contributed by atoms with Gasteiger partial charge in [-0.15, -0.1) is 5.10 Å². The van der Waals surface area contributed by atoms with Crippen molar-refractivity contribution in [2.75, 3.05) is 40.1 Å².